The van der Waals surface area contributed by atoms with E-state index in [1.165, 1.54) is 5.56 Å². The molecule has 1 saturated heterocycles. The first-order valence-electron chi connectivity index (χ1n) is 13.4. The smallest absolute Gasteiger partial charge is 0.165 e. The number of aryl methyl sites for hydroxylation is 1. The highest BCUT2D eigenvalue weighted by molar-refractivity contribution is 5.62. The third-order valence-corrected chi connectivity index (χ3v) is 9.80. The number of likely N-dealkylation sites (tertiary alicyclic amines) is 1. The quantitative estimate of drug-likeness (QED) is 0.358. The second-order valence-electron chi connectivity index (χ2n) is 11.7. The average molecular weight is 478 g/mol. The summed E-state index contributed by atoms with van der Waals surface area (Å²) in [5, 5.41) is 36.5. The summed E-state index contributed by atoms with van der Waals surface area (Å²) in [7, 11) is 0. The Hall–Kier alpha value is -2.12. The van der Waals surface area contributed by atoms with Crippen molar-refractivity contribution in [2.75, 3.05) is 19.7 Å². The maximum absolute atomic E-state index is 14.6. The molecule has 0 amide bonds. The zero-order valence-corrected chi connectivity index (χ0v) is 20.2. The van der Waals surface area contributed by atoms with E-state index < -0.39 is 23.2 Å². The van der Waals surface area contributed by atoms with E-state index in [0.717, 1.165) is 36.8 Å². The number of aromatic hydroxyl groups is 1. The van der Waals surface area contributed by atoms with Crippen LogP contribution in [0.3, 0.4) is 0 Å². The van der Waals surface area contributed by atoms with E-state index in [1.54, 1.807) is 6.07 Å². The SMILES string of the molecule is [O-][N+]1(CC2CC2)CC[C@]23c4c5ccc(O)c4O[C@H]2[C@@H](O)CC[C@@]3(OCCCc2ccccc2)[C@H]1C5. The van der Waals surface area contributed by atoms with Gasteiger partial charge in [-0.3, -0.25) is 0 Å². The van der Waals surface area contributed by atoms with Crippen molar-refractivity contribution < 1.29 is 24.3 Å². The molecule has 2 saturated carbocycles. The fourth-order valence-electron chi connectivity index (χ4n) is 8.17. The molecule has 2 aromatic rings. The fraction of sp³-hybridized carbons (Fsp3) is 0.586. The standard InChI is InChI=1S/C29H35NO5/c31-22-11-10-21-17-24-29(34-16-4-7-19-5-2-1-3-6-19)13-12-23(32)27-28(29,25(21)26(22)35-27)14-15-30(24,33)18-20-8-9-20/h1-3,5-6,10-11,20,23-24,27,31-32H,4,7-9,12-18H2/t23-,24+,27-,28-,29+,30?/m0/s1. The summed E-state index contributed by atoms with van der Waals surface area (Å²) in [5.74, 6) is 1.16. The monoisotopic (exact) mass is 477 g/mol. The van der Waals surface area contributed by atoms with E-state index >= 15 is 0 Å². The first-order valence-corrected chi connectivity index (χ1v) is 13.4. The maximum atomic E-state index is 14.6. The van der Waals surface area contributed by atoms with Crippen LogP contribution in [0.1, 0.15) is 55.2 Å². The number of hydrogen-bond donors (Lipinski definition) is 2. The second-order valence-corrected chi connectivity index (χ2v) is 11.7. The average Bonchev–Trinajstić information content (AvgIpc) is 3.59. The van der Waals surface area contributed by atoms with Crippen LogP contribution in [-0.2, 0) is 23.0 Å². The van der Waals surface area contributed by atoms with Crippen molar-refractivity contribution in [3.8, 4) is 11.5 Å². The Labute approximate surface area is 206 Å². The number of benzene rings is 2. The number of hydroxylamine groups is 3. The van der Waals surface area contributed by atoms with Crippen LogP contribution in [0.2, 0.25) is 0 Å². The molecule has 3 fully saturated rings. The first kappa shape index (κ1) is 22.1. The summed E-state index contributed by atoms with van der Waals surface area (Å²) >= 11 is 0. The first-order chi connectivity index (χ1) is 17.0. The van der Waals surface area contributed by atoms with Gasteiger partial charge in [0.05, 0.1) is 24.6 Å². The van der Waals surface area contributed by atoms with Crippen molar-refractivity contribution in [2.45, 2.75) is 80.6 Å². The van der Waals surface area contributed by atoms with E-state index in [0.29, 0.717) is 57.0 Å². The van der Waals surface area contributed by atoms with Crippen molar-refractivity contribution in [1.29, 1.82) is 0 Å². The van der Waals surface area contributed by atoms with Crippen molar-refractivity contribution in [2.24, 2.45) is 5.92 Å². The Morgan fingerprint density at radius 2 is 1.91 bits per heavy atom. The topological polar surface area (TPSA) is 82.0 Å². The molecule has 0 radical (unpaired) electrons. The van der Waals surface area contributed by atoms with Gasteiger partial charge in [0.1, 0.15) is 17.7 Å². The number of rotatable bonds is 7. The summed E-state index contributed by atoms with van der Waals surface area (Å²) in [4.78, 5) is 0. The fourth-order valence-corrected chi connectivity index (χ4v) is 8.17. The van der Waals surface area contributed by atoms with E-state index in [1.807, 2.05) is 12.1 Å². The molecule has 7 rings (SSSR count). The highest BCUT2D eigenvalue weighted by Gasteiger charge is 2.77. The summed E-state index contributed by atoms with van der Waals surface area (Å²) in [6.45, 7) is 1.77. The molecule has 186 valence electrons. The molecule has 6 heteroatoms. The largest absolute Gasteiger partial charge is 0.632 e. The Bertz CT molecular complexity index is 1140. The van der Waals surface area contributed by atoms with Gasteiger partial charge in [-0.1, -0.05) is 36.4 Å². The highest BCUT2D eigenvalue weighted by Crippen LogP contribution is 2.67. The summed E-state index contributed by atoms with van der Waals surface area (Å²) in [6.07, 6.45) is 5.49. The van der Waals surface area contributed by atoms with Gasteiger partial charge in [-0.15, -0.1) is 0 Å². The van der Waals surface area contributed by atoms with Crippen molar-refractivity contribution in [3.05, 3.63) is 64.4 Å². The lowest BCUT2D eigenvalue weighted by Crippen LogP contribution is -2.81. The van der Waals surface area contributed by atoms with Crippen LogP contribution in [-0.4, -0.2) is 58.4 Å². The number of quaternary nitrogens is 1. The van der Waals surface area contributed by atoms with Crippen molar-refractivity contribution >= 4 is 0 Å². The Balaban J connectivity index is 1.30. The lowest BCUT2D eigenvalue weighted by atomic mass is 9.48. The van der Waals surface area contributed by atoms with E-state index in [-0.39, 0.29) is 16.4 Å². The highest BCUT2D eigenvalue weighted by atomic mass is 16.6. The molecular weight excluding hydrogens is 442 g/mol. The van der Waals surface area contributed by atoms with Gasteiger partial charge in [0.2, 0.25) is 0 Å². The number of aliphatic hydroxyl groups is 1. The van der Waals surface area contributed by atoms with Crippen LogP contribution in [0.15, 0.2) is 42.5 Å². The predicted octanol–water partition coefficient (Wildman–Crippen LogP) is 3.99. The maximum Gasteiger partial charge on any atom is 0.165 e. The molecule has 6 nitrogen and oxygen atoms in total. The number of phenolic OH excluding ortho intramolecular Hbond substituents is 1. The minimum absolute atomic E-state index is 0.127. The van der Waals surface area contributed by atoms with Gasteiger partial charge in [0.15, 0.2) is 11.5 Å². The lowest BCUT2D eigenvalue weighted by molar-refractivity contribution is -0.924. The molecule has 3 aliphatic carbocycles. The summed E-state index contributed by atoms with van der Waals surface area (Å²) < 4.78 is 13.2. The molecule has 1 unspecified atom stereocenters. The molecule has 5 aliphatic rings. The van der Waals surface area contributed by atoms with Gasteiger partial charge in [-0.25, -0.2) is 0 Å². The van der Waals surface area contributed by atoms with Crippen LogP contribution in [0.5, 0.6) is 11.5 Å². The molecule has 1 spiro atoms. The molecule has 2 N–H and O–H groups in total. The van der Waals surface area contributed by atoms with Crippen LogP contribution in [0, 0.1) is 11.1 Å². The Morgan fingerprint density at radius 3 is 2.71 bits per heavy atom. The van der Waals surface area contributed by atoms with Gasteiger partial charge in [-0.05, 0) is 55.7 Å². The van der Waals surface area contributed by atoms with Crippen LogP contribution in [0.4, 0.5) is 0 Å². The van der Waals surface area contributed by atoms with Gasteiger partial charge < -0.3 is 29.5 Å². The molecule has 35 heavy (non-hydrogen) atoms. The number of aliphatic hydroxyl groups excluding tert-OH is 1. The number of phenols is 1. The van der Waals surface area contributed by atoms with E-state index in [2.05, 4.69) is 24.3 Å². The number of ether oxygens (including phenoxy) is 2. The third kappa shape index (κ3) is 3.03. The minimum atomic E-state index is -0.686. The number of piperidine rings is 1. The minimum Gasteiger partial charge on any atom is -0.632 e. The zero-order valence-electron chi connectivity index (χ0n) is 20.2. The van der Waals surface area contributed by atoms with Crippen LogP contribution < -0.4 is 4.74 Å². The predicted molar refractivity (Wildman–Crippen MR) is 131 cm³/mol. The molecule has 2 aliphatic heterocycles. The Morgan fingerprint density at radius 1 is 1.09 bits per heavy atom. The van der Waals surface area contributed by atoms with Gasteiger partial charge in [0.25, 0.3) is 0 Å². The molecule has 2 bridgehead atoms. The summed E-state index contributed by atoms with van der Waals surface area (Å²) in [6, 6.07) is 13.9. The van der Waals surface area contributed by atoms with Crippen molar-refractivity contribution in [3.63, 3.8) is 0 Å². The van der Waals surface area contributed by atoms with Crippen molar-refractivity contribution in [1.82, 2.24) is 0 Å². The Kier molecular flexibility index (Phi) is 4.86. The molecular formula is C29H35NO5. The van der Waals surface area contributed by atoms with Crippen LogP contribution in [0.25, 0.3) is 0 Å². The molecule has 2 heterocycles. The molecule has 0 aromatic heterocycles. The molecule has 6 atom stereocenters. The number of hydrogen-bond acceptors (Lipinski definition) is 5. The molecule has 2 aromatic carbocycles. The number of nitrogens with zero attached hydrogens (tertiary/aromatic N) is 1. The summed E-state index contributed by atoms with van der Waals surface area (Å²) in [5.41, 5.74) is 2.13. The lowest BCUT2D eigenvalue weighted by Gasteiger charge is -2.69. The van der Waals surface area contributed by atoms with E-state index in [4.69, 9.17) is 9.47 Å². The van der Waals surface area contributed by atoms with Gasteiger partial charge >= 0.3 is 0 Å². The van der Waals surface area contributed by atoms with Gasteiger partial charge in [-0.2, -0.15) is 0 Å². The van der Waals surface area contributed by atoms with E-state index in [9.17, 15) is 15.4 Å². The van der Waals surface area contributed by atoms with Gasteiger partial charge in [0, 0.05) is 30.9 Å². The normalized spacial score (nSPS) is 38.6. The third-order valence-electron chi connectivity index (χ3n) is 9.80. The second kappa shape index (κ2) is 7.69. The van der Waals surface area contributed by atoms with Crippen LogP contribution >= 0.6 is 0 Å². The zero-order chi connectivity index (χ0) is 23.8.